The molecular formula is C15H25BrN4O. The Labute approximate surface area is 135 Å². The van der Waals surface area contributed by atoms with Crippen LogP contribution in [0.3, 0.4) is 0 Å². The van der Waals surface area contributed by atoms with Crippen molar-refractivity contribution in [1.82, 2.24) is 15.1 Å². The molecule has 0 saturated carbocycles. The Kier molecular flexibility index (Phi) is 8.34. The van der Waals surface area contributed by atoms with Gasteiger partial charge in [-0.25, -0.2) is 4.79 Å². The van der Waals surface area contributed by atoms with Gasteiger partial charge in [0.2, 0.25) is 0 Å². The average molecular weight is 357 g/mol. The minimum atomic E-state index is -0.169. The standard InChI is InChI=1S/C15H25BrN4O/c1-19(2)11-12-20(3)10-6-9-17-15(21)18-14-8-5-4-7-13(14)16/h4-5,7-8H,6,9-12H2,1-3H3,(H2,17,18,21). The van der Waals surface area contributed by atoms with Gasteiger partial charge in [0.25, 0.3) is 0 Å². The van der Waals surface area contributed by atoms with Crippen molar-refractivity contribution in [3.05, 3.63) is 28.7 Å². The van der Waals surface area contributed by atoms with Gasteiger partial charge in [-0.2, -0.15) is 0 Å². The summed E-state index contributed by atoms with van der Waals surface area (Å²) in [5, 5.41) is 5.69. The number of nitrogens with one attached hydrogen (secondary N) is 2. The van der Waals surface area contributed by atoms with Crippen LogP contribution < -0.4 is 10.6 Å². The lowest BCUT2D eigenvalue weighted by atomic mass is 10.3. The molecule has 1 aromatic rings. The van der Waals surface area contributed by atoms with E-state index in [1.807, 2.05) is 24.3 Å². The second-order valence-electron chi connectivity index (χ2n) is 5.32. The zero-order valence-corrected chi connectivity index (χ0v) is 14.6. The first-order valence-corrected chi connectivity index (χ1v) is 7.91. The third kappa shape index (κ3) is 8.04. The summed E-state index contributed by atoms with van der Waals surface area (Å²) in [6, 6.07) is 7.39. The molecule has 0 aliphatic heterocycles. The molecule has 6 heteroatoms. The highest BCUT2D eigenvalue weighted by Gasteiger charge is 2.04. The molecule has 0 bridgehead atoms. The van der Waals surface area contributed by atoms with Crippen LogP contribution in [0.1, 0.15) is 6.42 Å². The lowest BCUT2D eigenvalue weighted by molar-refractivity contribution is 0.249. The van der Waals surface area contributed by atoms with E-state index < -0.39 is 0 Å². The molecular weight excluding hydrogens is 332 g/mol. The SMILES string of the molecule is CN(C)CCN(C)CCCNC(=O)Nc1ccccc1Br. The molecule has 0 aromatic heterocycles. The summed E-state index contributed by atoms with van der Waals surface area (Å²) in [4.78, 5) is 16.2. The largest absolute Gasteiger partial charge is 0.338 e. The van der Waals surface area contributed by atoms with Gasteiger partial charge in [-0.3, -0.25) is 0 Å². The Bertz CT molecular complexity index is 439. The number of hydrogen-bond acceptors (Lipinski definition) is 3. The number of urea groups is 1. The molecule has 0 saturated heterocycles. The Morgan fingerprint density at radius 3 is 2.52 bits per heavy atom. The number of hydrogen-bond donors (Lipinski definition) is 2. The Balaban J connectivity index is 2.15. The second kappa shape index (κ2) is 9.76. The maximum Gasteiger partial charge on any atom is 0.319 e. The van der Waals surface area contributed by atoms with Crippen molar-refractivity contribution in [2.75, 3.05) is 52.6 Å². The van der Waals surface area contributed by atoms with E-state index in [0.717, 1.165) is 36.2 Å². The summed E-state index contributed by atoms with van der Waals surface area (Å²) >= 11 is 3.40. The van der Waals surface area contributed by atoms with Crippen LogP contribution in [0.15, 0.2) is 28.7 Å². The molecule has 1 rings (SSSR count). The van der Waals surface area contributed by atoms with Gasteiger partial charge in [0.15, 0.2) is 0 Å². The minimum Gasteiger partial charge on any atom is -0.338 e. The Hall–Kier alpha value is -1.11. The fourth-order valence-electron chi connectivity index (χ4n) is 1.76. The zero-order valence-electron chi connectivity index (χ0n) is 13.0. The molecule has 0 radical (unpaired) electrons. The molecule has 0 unspecified atom stereocenters. The summed E-state index contributed by atoms with van der Waals surface area (Å²) in [7, 11) is 6.24. The number of halogens is 1. The topological polar surface area (TPSA) is 47.6 Å². The monoisotopic (exact) mass is 356 g/mol. The van der Waals surface area contributed by atoms with Crippen molar-refractivity contribution in [2.24, 2.45) is 0 Å². The maximum atomic E-state index is 11.8. The lowest BCUT2D eigenvalue weighted by Crippen LogP contribution is -2.33. The summed E-state index contributed by atoms with van der Waals surface area (Å²) in [6.45, 7) is 3.73. The fraction of sp³-hybridized carbons (Fsp3) is 0.533. The number of likely N-dealkylation sites (N-methyl/N-ethyl adjacent to an activating group) is 2. The number of para-hydroxylation sites is 1. The quantitative estimate of drug-likeness (QED) is 0.703. The van der Waals surface area contributed by atoms with Crippen molar-refractivity contribution in [3.63, 3.8) is 0 Å². The van der Waals surface area contributed by atoms with Crippen LogP contribution >= 0.6 is 15.9 Å². The smallest absolute Gasteiger partial charge is 0.319 e. The molecule has 1 aromatic carbocycles. The summed E-state index contributed by atoms with van der Waals surface area (Å²) < 4.78 is 0.878. The van der Waals surface area contributed by atoms with Crippen LogP contribution in [0.4, 0.5) is 10.5 Å². The Morgan fingerprint density at radius 1 is 1.14 bits per heavy atom. The number of benzene rings is 1. The molecule has 0 aliphatic carbocycles. The highest BCUT2D eigenvalue weighted by atomic mass is 79.9. The van der Waals surface area contributed by atoms with Crippen LogP contribution in [0, 0.1) is 0 Å². The number of amides is 2. The molecule has 0 atom stereocenters. The first kappa shape index (κ1) is 17.9. The molecule has 2 amide bonds. The molecule has 0 fully saturated rings. The first-order valence-electron chi connectivity index (χ1n) is 7.11. The summed E-state index contributed by atoms with van der Waals surface area (Å²) in [6.07, 6.45) is 0.938. The number of anilines is 1. The van der Waals surface area contributed by atoms with Crippen LogP contribution in [-0.4, -0.2) is 63.2 Å². The third-order valence-corrected chi connectivity index (χ3v) is 3.74. The lowest BCUT2D eigenvalue weighted by Gasteiger charge is -2.19. The maximum absolute atomic E-state index is 11.8. The van der Waals surface area contributed by atoms with Crippen LogP contribution in [0.2, 0.25) is 0 Å². The minimum absolute atomic E-state index is 0.169. The third-order valence-electron chi connectivity index (χ3n) is 3.05. The number of rotatable bonds is 8. The molecule has 0 spiro atoms. The van der Waals surface area contributed by atoms with Gasteiger partial charge in [0, 0.05) is 24.1 Å². The van der Waals surface area contributed by atoms with Crippen LogP contribution in [0.25, 0.3) is 0 Å². The van der Waals surface area contributed by atoms with E-state index in [-0.39, 0.29) is 6.03 Å². The molecule has 0 aliphatic rings. The van der Waals surface area contributed by atoms with E-state index in [2.05, 4.69) is 57.5 Å². The van der Waals surface area contributed by atoms with Gasteiger partial charge < -0.3 is 20.4 Å². The predicted octanol–water partition coefficient (Wildman–Crippen LogP) is 2.45. The van der Waals surface area contributed by atoms with E-state index in [9.17, 15) is 4.79 Å². The fourth-order valence-corrected chi connectivity index (χ4v) is 2.15. The van der Waals surface area contributed by atoms with E-state index in [0.29, 0.717) is 6.54 Å². The van der Waals surface area contributed by atoms with E-state index in [4.69, 9.17) is 0 Å². The van der Waals surface area contributed by atoms with Gasteiger partial charge in [-0.05, 0) is 62.2 Å². The average Bonchev–Trinajstić information content (AvgIpc) is 2.44. The molecule has 2 N–H and O–H groups in total. The Morgan fingerprint density at radius 2 is 1.86 bits per heavy atom. The predicted molar refractivity (Wildman–Crippen MR) is 91.8 cm³/mol. The molecule has 5 nitrogen and oxygen atoms in total. The van der Waals surface area contributed by atoms with Gasteiger partial charge in [-0.15, -0.1) is 0 Å². The van der Waals surface area contributed by atoms with Crippen molar-refractivity contribution < 1.29 is 4.79 Å². The van der Waals surface area contributed by atoms with Crippen molar-refractivity contribution in [2.45, 2.75) is 6.42 Å². The zero-order chi connectivity index (χ0) is 15.7. The van der Waals surface area contributed by atoms with Crippen molar-refractivity contribution in [3.8, 4) is 0 Å². The van der Waals surface area contributed by atoms with Gasteiger partial charge in [0.1, 0.15) is 0 Å². The summed E-state index contributed by atoms with van der Waals surface area (Å²) in [5.41, 5.74) is 0.776. The molecule has 21 heavy (non-hydrogen) atoms. The second-order valence-corrected chi connectivity index (χ2v) is 6.18. The molecule has 118 valence electrons. The summed E-state index contributed by atoms with van der Waals surface area (Å²) in [5.74, 6) is 0. The molecule has 0 heterocycles. The van der Waals surface area contributed by atoms with E-state index in [1.165, 1.54) is 0 Å². The van der Waals surface area contributed by atoms with Crippen molar-refractivity contribution in [1.29, 1.82) is 0 Å². The number of carbonyl (C=O) groups is 1. The van der Waals surface area contributed by atoms with Gasteiger partial charge in [0.05, 0.1) is 5.69 Å². The van der Waals surface area contributed by atoms with Crippen LogP contribution in [-0.2, 0) is 0 Å². The first-order chi connectivity index (χ1) is 9.99. The van der Waals surface area contributed by atoms with Crippen molar-refractivity contribution >= 4 is 27.6 Å². The highest BCUT2D eigenvalue weighted by Crippen LogP contribution is 2.20. The number of nitrogens with zero attached hydrogens (tertiary/aromatic N) is 2. The highest BCUT2D eigenvalue weighted by molar-refractivity contribution is 9.10. The van der Waals surface area contributed by atoms with E-state index >= 15 is 0 Å². The van der Waals surface area contributed by atoms with Gasteiger partial charge in [-0.1, -0.05) is 12.1 Å². The van der Waals surface area contributed by atoms with Crippen LogP contribution in [0.5, 0.6) is 0 Å². The normalized spacial score (nSPS) is 11.0. The number of carbonyl (C=O) groups excluding carboxylic acids is 1. The van der Waals surface area contributed by atoms with E-state index in [1.54, 1.807) is 0 Å². The van der Waals surface area contributed by atoms with Gasteiger partial charge >= 0.3 is 6.03 Å².